The topological polar surface area (TPSA) is 3.24 Å². The fourth-order valence-corrected chi connectivity index (χ4v) is 3.03. The third kappa shape index (κ3) is 2.50. The minimum Gasteiger partial charge on any atom is -0.335 e. The fraction of sp³-hybridized carbons (Fsp3) is 0.333. The molecule has 2 rings (SSSR count). The largest absolute Gasteiger partial charge is 0.335 e. The molecule has 0 spiro atoms. The predicted molar refractivity (Wildman–Crippen MR) is 74.6 cm³/mol. The van der Waals surface area contributed by atoms with Crippen molar-refractivity contribution in [2.24, 2.45) is 0 Å². The highest BCUT2D eigenvalue weighted by atomic mass is 35.5. The van der Waals surface area contributed by atoms with Gasteiger partial charge in [0.25, 0.3) is 0 Å². The van der Waals surface area contributed by atoms with Crippen LogP contribution in [0.5, 0.6) is 0 Å². The maximum Gasteiger partial charge on any atom is 0.0709 e. The first-order valence-electron chi connectivity index (χ1n) is 5.19. The number of allylic oxidation sites excluding steroid dienone is 1. The van der Waals surface area contributed by atoms with E-state index in [0.717, 1.165) is 18.7 Å². The summed E-state index contributed by atoms with van der Waals surface area (Å²) < 4.78 is 0. The van der Waals surface area contributed by atoms with Crippen LogP contribution < -0.4 is 4.90 Å². The SMILES string of the molecule is CSC1=CCCCN1c1ccc(Cl)cc1Cl. The molecule has 0 aromatic heterocycles. The molecule has 0 bridgehead atoms. The van der Waals surface area contributed by atoms with Crippen molar-refractivity contribution >= 4 is 40.7 Å². The van der Waals surface area contributed by atoms with E-state index in [1.54, 1.807) is 17.8 Å². The quantitative estimate of drug-likeness (QED) is 0.762. The van der Waals surface area contributed by atoms with Crippen LogP contribution in [0, 0.1) is 0 Å². The monoisotopic (exact) mass is 273 g/mol. The lowest BCUT2D eigenvalue weighted by atomic mass is 10.2. The molecule has 1 heterocycles. The summed E-state index contributed by atoms with van der Waals surface area (Å²) in [7, 11) is 0. The molecule has 1 aromatic rings. The van der Waals surface area contributed by atoms with Gasteiger partial charge in [-0.05, 0) is 37.3 Å². The van der Waals surface area contributed by atoms with Gasteiger partial charge >= 0.3 is 0 Å². The van der Waals surface area contributed by atoms with Crippen molar-refractivity contribution in [2.45, 2.75) is 12.8 Å². The number of rotatable bonds is 2. The van der Waals surface area contributed by atoms with Gasteiger partial charge in [-0.25, -0.2) is 0 Å². The summed E-state index contributed by atoms with van der Waals surface area (Å²) in [5.41, 5.74) is 1.05. The minimum absolute atomic E-state index is 0.681. The van der Waals surface area contributed by atoms with Crippen LogP contribution in [0.2, 0.25) is 10.0 Å². The average molecular weight is 274 g/mol. The molecule has 1 nitrogen and oxygen atoms in total. The number of anilines is 1. The maximum absolute atomic E-state index is 6.22. The number of hydrogen-bond acceptors (Lipinski definition) is 2. The molecule has 0 saturated carbocycles. The van der Waals surface area contributed by atoms with Gasteiger partial charge < -0.3 is 4.90 Å². The van der Waals surface area contributed by atoms with Gasteiger partial charge in [0, 0.05) is 11.6 Å². The third-order valence-electron chi connectivity index (χ3n) is 2.58. The Bertz CT molecular complexity index is 417. The van der Waals surface area contributed by atoms with Gasteiger partial charge in [-0.1, -0.05) is 29.3 Å². The molecule has 0 atom stereocenters. The van der Waals surface area contributed by atoms with E-state index in [2.05, 4.69) is 17.2 Å². The Morgan fingerprint density at radius 1 is 1.31 bits per heavy atom. The van der Waals surface area contributed by atoms with Crippen LogP contribution in [0.1, 0.15) is 12.8 Å². The first-order valence-corrected chi connectivity index (χ1v) is 7.17. The smallest absolute Gasteiger partial charge is 0.0709 e. The third-order valence-corrected chi connectivity index (χ3v) is 3.92. The van der Waals surface area contributed by atoms with E-state index in [9.17, 15) is 0 Å². The zero-order valence-corrected chi connectivity index (χ0v) is 11.4. The van der Waals surface area contributed by atoms with E-state index in [0.29, 0.717) is 10.0 Å². The molecule has 0 N–H and O–H groups in total. The summed E-state index contributed by atoms with van der Waals surface area (Å²) in [5, 5.41) is 2.67. The van der Waals surface area contributed by atoms with Crippen LogP contribution >= 0.6 is 35.0 Å². The van der Waals surface area contributed by atoms with Gasteiger partial charge in [-0.2, -0.15) is 0 Å². The van der Waals surface area contributed by atoms with Gasteiger partial charge in [0.1, 0.15) is 0 Å². The van der Waals surface area contributed by atoms with Crippen molar-refractivity contribution < 1.29 is 0 Å². The zero-order valence-electron chi connectivity index (χ0n) is 9.04. The van der Waals surface area contributed by atoms with Gasteiger partial charge in [0.2, 0.25) is 0 Å². The number of halogens is 2. The number of benzene rings is 1. The number of hydrogen-bond donors (Lipinski definition) is 0. The number of nitrogens with zero attached hydrogens (tertiary/aromatic N) is 1. The summed E-state index contributed by atoms with van der Waals surface area (Å²) in [4.78, 5) is 2.26. The first kappa shape index (κ1) is 12.2. The zero-order chi connectivity index (χ0) is 11.5. The van der Waals surface area contributed by atoms with Gasteiger partial charge in [0.05, 0.1) is 15.7 Å². The Balaban J connectivity index is 2.35. The second-order valence-electron chi connectivity index (χ2n) is 3.64. The van der Waals surface area contributed by atoms with Crippen molar-refractivity contribution in [1.82, 2.24) is 0 Å². The molecule has 0 radical (unpaired) electrons. The van der Waals surface area contributed by atoms with E-state index >= 15 is 0 Å². The maximum atomic E-state index is 6.22. The summed E-state index contributed by atoms with van der Waals surface area (Å²) >= 11 is 13.9. The van der Waals surface area contributed by atoms with Gasteiger partial charge in [0.15, 0.2) is 0 Å². The molecule has 0 aliphatic carbocycles. The second kappa shape index (κ2) is 5.35. The minimum atomic E-state index is 0.681. The molecule has 4 heteroatoms. The van der Waals surface area contributed by atoms with Crippen molar-refractivity contribution in [1.29, 1.82) is 0 Å². The lowest BCUT2D eigenvalue weighted by molar-refractivity contribution is 0.779. The Labute approximate surface area is 110 Å². The summed E-state index contributed by atoms with van der Waals surface area (Å²) in [6.07, 6.45) is 6.67. The lowest BCUT2D eigenvalue weighted by Gasteiger charge is -2.30. The van der Waals surface area contributed by atoms with Crippen molar-refractivity contribution in [3.8, 4) is 0 Å². The van der Waals surface area contributed by atoms with E-state index in [1.165, 1.54) is 11.4 Å². The fourth-order valence-electron chi connectivity index (χ4n) is 1.83. The molecule has 1 aliphatic heterocycles. The van der Waals surface area contributed by atoms with Gasteiger partial charge in [-0.15, -0.1) is 11.8 Å². The molecule has 1 aromatic carbocycles. The standard InChI is InChI=1S/C12H13Cl2NS/c1-16-12-4-2-3-7-15(12)11-6-5-9(13)8-10(11)14/h4-6,8H,2-3,7H2,1H3. The lowest BCUT2D eigenvalue weighted by Crippen LogP contribution is -2.25. The van der Waals surface area contributed by atoms with Crippen LogP contribution in [-0.2, 0) is 0 Å². The predicted octanol–water partition coefficient (Wildman–Crippen LogP) is 4.80. The summed E-state index contributed by atoms with van der Waals surface area (Å²) in [5.74, 6) is 0. The van der Waals surface area contributed by atoms with Crippen LogP contribution in [-0.4, -0.2) is 12.8 Å². The van der Waals surface area contributed by atoms with Crippen LogP contribution in [0.3, 0.4) is 0 Å². The molecule has 16 heavy (non-hydrogen) atoms. The van der Waals surface area contributed by atoms with Crippen molar-refractivity contribution in [3.63, 3.8) is 0 Å². The Morgan fingerprint density at radius 2 is 2.12 bits per heavy atom. The van der Waals surface area contributed by atoms with E-state index in [-0.39, 0.29) is 0 Å². The van der Waals surface area contributed by atoms with Crippen LogP contribution in [0.4, 0.5) is 5.69 Å². The summed E-state index contributed by atoms with van der Waals surface area (Å²) in [6.45, 7) is 1.02. The molecule has 0 unspecified atom stereocenters. The van der Waals surface area contributed by atoms with Crippen LogP contribution in [0.15, 0.2) is 29.3 Å². The molecular weight excluding hydrogens is 261 g/mol. The second-order valence-corrected chi connectivity index (χ2v) is 5.31. The van der Waals surface area contributed by atoms with E-state index in [1.807, 2.05) is 12.1 Å². The summed E-state index contributed by atoms with van der Waals surface area (Å²) in [6, 6.07) is 5.67. The highest BCUT2D eigenvalue weighted by Gasteiger charge is 2.17. The van der Waals surface area contributed by atoms with Gasteiger partial charge in [-0.3, -0.25) is 0 Å². The Hall–Kier alpha value is -0.310. The molecule has 0 amide bonds. The van der Waals surface area contributed by atoms with E-state index in [4.69, 9.17) is 23.2 Å². The number of thioether (sulfide) groups is 1. The Kier molecular flexibility index (Phi) is 4.06. The van der Waals surface area contributed by atoms with Crippen molar-refractivity contribution in [2.75, 3.05) is 17.7 Å². The first-order chi connectivity index (χ1) is 7.72. The molecular formula is C12H13Cl2NS. The molecule has 0 fully saturated rings. The average Bonchev–Trinajstić information content (AvgIpc) is 2.29. The van der Waals surface area contributed by atoms with Crippen molar-refractivity contribution in [3.05, 3.63) is 39.3 Å². The normalized spacial score (nSPS) is 16.2. The highest BCUT2D eigenvalue weighted by molar-refractivity contribution is 8.02. The van der Waals surface area contributed by atoms with Crippen LogP contribution in [0.25, 0.3) is 0 Å². The molecule has 0 saturated heterocycles. The molecule has 86 valence electrons. The highest BCUT2D eigenvalue weighted by Crippen LogP contribution is 2.35. The molecule has 1 aliphatic rings. The Morgan fingerprint density at radius 3 is 2.81 bits per heavy atom. The van der Waals surface area contributed by atoms with E-state index < -0.39 is 0 Å².